The topological polar surface area (TPSA) is 81.4 Å². The third kappa shape index (κ3) is 5.32. The van der Waals surface area contributed by atoms with Crippen molar-refractivity contribution in [2.24, 2.45) is 5.84 Å². The number of thioether (sulfide) groups is 1. The lowest BCUT2D eigenvalue weighted by Gasteiger charge is -2.15. The van der Waals surface area contributed by atoms with Crippen molar-refractivity contribution in [2.75, 3.05) is 18.1 Å². The van der Waals surface area contributed by atoms with Crippen molar-refractivity contribution >= 4 is 23.6 Å². The number of hydrazine groups is 1. The third-order valence-electron chi connectivity index (χ3n) is 2.47. The minimum atomic E-state index is -0.370. The molecule has 0 aliphatic rings. The van der Waals surface area contributed by atoms with E-state index < -0.39 is 0 Å². The molecule has 104 valence electrons. The minimum absolute atomic E-state index is 0.231. The highest BCUT2D eigenvalue weighted by molar-refractivity contribution is 8.00. The predicted octanol–water partition coefficient (Wildman–Crippen LogP) is 1.06. The first kappa shape index (κ1) is 15.5. The molecule has 1 aromatic rings. The van der Waals surface area contributed by atoms with Gasteiger partial charge in [-0.2, -0.15) is 0 Å². The highest BCUT2D eigenvalue weighted by Crippen LogP contribution is 2.21. The Morgan fingerprint density at radius 3 is 2.63 bits per heavy atom. The van der Waals surface area contributed by atoms with E-state index in [0.29, 0.717) is 12.4 Å². The molecule has 0 fully saturated rings. The lowest BCUT2D eigenvalue weighted by atomic mass is 10.0. The molecule has 0 saturated carbocycles. The average molecular weight is 282 g/mol. The van der Waals surface area contributed by atoms with Gasteiger partial charge >= 0.3 is 5.97 Å². The fourth-order valence-corrected chi connectivity index (χ4v) is 2.52. The number of hydrogen-bond acceptors (Lipinski definition) is 5. The van der Waals surface area contributed by atoms with Crippen molar-refractivity contribution < 1.29 is 14.3 Å². The molecule has 0 aliphatic carbocycles. The average Bonchev–Trinajstić information content (AvgIpc) is 2.44. The zero-order chi connectivity index (χ0) is 14.1. The van der Waals surface area contributed by atoms with E-state index in [1.807, 2.05) is 30.3 Å². The van der Waals surface area contributed by atoms with Crippen LogP contribution < -0.4 is 11.3 Å². The molecule has 0 radical (unpaired) electrons. The molecule has 0 bridgehead atoms. The SMILES string of the molecule is CCOC(=O)CSCC(C(=O)NN)c1ccccc1. The fourth-order valence-electron chi connectivity index (χ4n) is 1.57. The van der Waals surface area contributed by atoms with Gasteiger partial charge in [0.05, 0.1) is 18.3 Å². The molecule has 0 saturated heterocycles. The van der Waals surface area contributed by atoms with E-state index in [1.54, 1.807) is 6.92 Å². The van der Waals surface area contributed by atoms with Crippen molar-refractivity contribution in [3.05, 3.63) is 35.9 Å². The van der Waals surface area contributed by atoms with Crippen molar-refractivity contribution in [2.45, 2.75) is 12.8 Å². The molecule has 1 atom stereocenters. The summed E-state index contributed by atoms with van der Waals surface area (Å²) in [5.74, 6) is 5.00. The van der Waals surface area contributed by atoms with Crippen molar-refractivity contribution in [1.82, 2.24) is 5.43 Å². The lowest BCUT2D eigenvalue weighted by Crippen LogP contribution is -2.35. The highest BCUT2D eigenvalue weighted by atomic mass is 32.2. The number of carbonyl (C=O) groups is 2. The van der Waals surface area contributed by atoms with Crippen LogP contribution in [0.15, 0.2) is 30.3 Å². The Bertz CT molecular complexity index is 412. The van der Waals surface area contributed by atoms with Crippen LogP contribution in [-0.4, -0.2) is 30.0 Å². The van der Waals surface area contributed by atoms with Gasteiger partial charge in [0.2, 0.25) is 5.91 Å². The number of nitrogens with two attached hydrogens (primary N) is 1. The number of carbonyl (C=O) groups excluding carboxylic acids is 2. The number of hydrogen-bond donors (Lipinski definition) is 2. The number of ether oxygens (including phenoxy) is 1. The Hall–Kier alpha value is -1.53. The summed E-state index contributed by atoms with van der Waals surface area (Å²) in [5, 5.41) is 0. The van der Waals surface area contributed by atoms with Gasteiger partial charge in [-0.15, -0.1) is 11.8 Å². The molecule has 3 N–H and O–H groups in total. The standard InChI is InChI=1S/C13H18N2O3S/c1-2-18-12(16)9-19-8-11(13(17)15-14)10-6-4-3-5-7-10/h3-7,11H,2,8-9,14H2,1H3,(H,15,17). The predicted molar refractivity (Wildman–Crippen MR) is 75.5 cm³/mol. The van der Waals surface area contributed by atoms with Crippen LogP contribution in [0, 0.1) is 0 Å². The van der Waals surface area contributed by atoms with E-state index in [9.17, 15) is 9.59 Å². The van der Waals surface area contributed by atoms with Gasteiger partial charge in [0, 0.05) is 5.75 Å². The Kier molecular flexibility index (Phi) is 6.99. The molecule has 6 heteroatoms. The van der Waals surface area contributed by atoms with Crippen LogP contribution in [-0.2, 0) is 14.3 Å². The molecule has 0 aliphatic heterocycles. The number of benzene rings is 1. The highest BCUT2D eigenvalue weighted by Gasteiger charge is 2.20. The van der Waals surface area contributed by atoms with Crippen molar-refractivity contribution in [1.29, 1.82) is 0 Å². The molecule has 1 amide bonds. The van der Waals surface area contributed by atoms with E-state index in [1.165, 1.54) is 11.8 Å². The second kappa shape index (κ2) is 8.55. The summed E-state index contributed by atoms with van der Waals surface area (Å²) in [5.41, 5.74) is 3.04. The van der Waals surface area contributed by atoms with Crippen LogP contribution in [0.2, 0.25) is 0 Å². The zero-order valence-electron chi connectivity index (χ0n) is 10.8. The van der Waals surface area contributed by atoms with E-state index in [2.05, 4.69) is 5.43 Å². The number of esters is 1. The maximum atomic E-state index is 11.7. The molecular formula is C13H18N2O3S. The number of rotatable bonds is 7. The Balaban J connectivity index is 2.57. The van der Waals surface area contributed by atoms with Crippen LogP contribution >= 0.6 is 11.8 Å². The van der Waals surface area contributed by atoms with Crippen LogP contribution in [0.25, 0.3) is 0 Å². The van der Waals surface area contributed by atoms with Gasteiger partial charge in [-0.05, 0) is 12.5 Å². The Morgan fingerprint density at radius 2 is 2.05 bits per heavy atom. The quantitative estimate of drug-likeness (QED) is 0.338. The lowest BCUT2D eigenvalue weighted by molar-refractivity contribution is -0.139. The summed E-state index contributed by atoms with van der Waals surface area (Å²) in [6.45, 7) is 2.13. The van der Waals surface area contributed by atoms with Gasteiger partial charge < -0.3 is 4.74 Å². The second-order valence-electron chi connectivity index (χ2n) is 3.79. The number of nitrogens with one attached hydrogen (secondary N) is 1. The fraction of sp³-hybridized carbons (Fsp3) is 0.385. The van der Waals surface area contributed by atoms with Gasteiger partial charge in [-0.1, -0.05) is 30.3 Å². The molecule has 1 rings (SSSR count). The first-order chi connectivity index (χ1) is 9.19. The third-order valence-corrected chi connectivity index (χ3v) is 3.48. The van der Waals surface area contributed by atoms with Crippen LogP contribution in [0.3, 0.4) is 0 Å². The molecule has 0 spiro atoms. The summed E-state index contributed by atoms with van der Waals surface area (Å²) in [4.78, 5) is 23.0. The van der Waals surface area contributed by atoms with Crippen molar-refractivity contribution in [3.63, 3.8) is 0 Å². The van der Waals surface area contributed by atoms with Crippen LogP contribution in [0.5, 0.6) is 0 Å². The Morgan fingerprint density at radius 1 is 1.37 bits per heavy atom. The summed E-state index contributed by atoms with van der Waals surface area (Å²) < 4.78 is 4.83. The molecule has 5 nitrogen and oxygen atoms in total. The van der Waals surface area contributed by atoms with E-state index in [0.717, 1.165) is 5.56 Å². The Labute approximate surface area is 116 Å². The van der Waals surface area contributed by atoms with E-state index >= 15 is 0 Å². The monoisotopic (exact) mass is 282 g/mol. The summed E-state index contributed by atoms with van der Waals surface area (Å²) in [6.07, 6.45) is 0. The first-order valence-electron chi connectivity index (χ1n) is 5.97. The second-order valence-corrected chi connectivity index (χ2v) is 4.82. The molecule has 0 heterocycles. The van der Waals surface area contributed by atoms with E-state index in [-0.39, 0.29) is 23.5 Å². The van der Waals surface area contributed by atoms with Crippen molar-refractivity contribution in [3.8, 4) is 0 Å². The first-order valence-corrected chi connectivity index (χ1v) is 7.13. The zero-order valence-corrected chi connectivity index (χ0v) is 11.6. The normalized spacial score (nSPS) is 11.7. The smallest absolute Gasteiger partial charge is 0.315 e. The summed E-state index contributed by atoms with van der Waals surface area (Å²) >= 11 is 1.36. The van der Waals surface area contributed by atoms with Crippen LogP contribution in [0.1, 0.15) is 18.4 Å². The van der Waals surface area contributed by atoms with Gasteiger partial charge in [-0.3, -0.25) is 15.0 Å². The van der Waals surface area contributed by atoms with Gasteiger partial charge in [-0.25, -0.2) is 5.84 Å². The van der Waals surface area contributed by atoms with Gasteiger partial charge in [0.15, 0.2) is 0 Å². The van der Waals surface area contributed by atoms with E-state index in [4.69, 9.17) is 10.6 Å². The largest absolute Gasteiger partial charge is 0.465 e. The van der Waals surface area contributed by atoms with Gasteiger partial charge in [0.25, 0.3) is 0 Å². The molecule has 0 aromatic heterocycles. The van der Waals surface area contributed by atoms with Gasteiger partial charge in [0.1, 0.15) is 0 Å². The summed E-state index contributed by atoms with van der Waals surface area (Å²) in [6, 6.07) is 9.34. The minimum Gasteiger partial charge on any atom is -0.465 e. The molecule has 19 heavy (non-hydrogen) atoms. The number of amides is 1. The molecule has 1 aromatic carbocycles. The summed E-state index contributed by atoms with van der Waals surface area (Å²) in [7, 11) is 0. The van der Waals surface area contributed by atoms with Crippen LogP contribution in [0.4, 0.5) is 0 Å². The maximum absolute atomic E-state index is 11.7. The maximum Gasteiger partial charge on any atom is 0.315 e. The molecule has 1 unspecified atom stereocenters. The molecular weight excluding hydrogens is 264 g/mol.